The second-order valence-electron chi connectivity index (χ2n) is 6.58. The molecule has 2 aromatic rings. The number of nitrogens with one attached hydrogen (secondary N) is 1. The summed E-state index contributed by atoms with van der Waals surface area (Å²) >= 11 is 0. The lowest BCUT2D eigenvalue weighted by atomic mass is 10.1. The molecule has 1 saturated carbocycles. The minimum Gasteiger partial charge on any atom is -0.459 e. The summed E-state index contributed by atoms with van der Waals surface area (Å²) in [4.78, 5) is 2.64. The van der Waals surface area contributed by atoms with E-state index in [1.54, 1.807) is 0 Å². The molecule has 0 atom stereocenters. The van der Waals surface area contributed by atoms with E-state index in [1.807, 2.05) is 13.1 Å². The fourth-order valence-electron chi connectivity index (χ4n) is 3.08. The third-order valence-electron chi connectivity index (χ3n) is 4.14. The Balaban J connectivity index is 1.91. The Morgan fingerprint density at radius 3 is 2.71 bits per heavy atom. The molecule has 1 aliphatic rings. The highest BCUT2D eigenvalue weighted by Crippen LogP contribution is 2.33. The van der Waals surface area contributed by atoms with Crippen LogP contribution in [0.4, 0.5) is 0 Å². The normalized spacial score (nSPS) is 15.5. The quantitative estimate of drug-likeness (QED) is 0.840. The second kappa shape index (κ2) is 6.20. The average Bonchev–Trinajstić information content (AvgIpc) is 3.23. The molecule has 1 aliphatic carbocycles. The van der Waals surface area contributed by atoms with Crippen LogP contribution in [0.2, 0.25) is 0 Å². The van der Waals surface area contributed by atoms with Gasteiger partial charge in [-0.15, -0.1) is 0 Å². The van der Waals surface area contributed by atoms with Crippen LogP contribution < -0.4 is 5.32 Å². The van der Waals surface area contributed by atoms with Crippen LogP contribution in [0.25, 0.3) is 11.0 Å². The first-order valence-electron chi connectivity index (χ1n) is 8.07. The van der Waals surface area contributed by atoms with E-state index in [-0.39, 0.29) is 0 Å². The van der Waals surface area contributed by atoms with Crippen LogP contribution in [0.1, 0.15) is 38.0 Å². The van der Waals surface area contributed by atoms with E-state index in [0.29, 0.717) is 5.92 Å². The van der Waals surface area contributed by atoms with Crippen molar-refractivity contribution < 1.29 is 4.42 Å². The van der Waals surface area contributed by atoms with Gasteiger partial charge in [-0.1, -0.05) is 32.0 Å². The van der Waals surface area contributed by atoms with Gasteiger partial charge in [0.2, 0.25) is 0 Å². The van der Waals surface area contributed by atoms with Crippen molar-refractivity contribution in [3.8, 4) is 0 Å². The summed E-state index contributed by atoms with van der Waals surface area (Å²) in [5.41, 5.74) is 2.38. The first kappa shape index (κ1) is 14.6. The maximum atomic E-state index is 6.06. The van der Waals surface area contributed by atoms with Gasteiger partial charge in [0.25, 0.3) is 0 Å². The molecule has 1 aromatic heterocycles. The highest BCUT2D eigenvalue weighted by atomic mass is 16.3. The van der Waals surface area contributed by atoms with Gasteiger partial charge in [0.05, 0.1) is 6.54 Å². The molecule has 3 rings (SSSR count). The summed E-state index contributed by atoms with van der Waals surface area (Å²) in [5.74, 6) is 1.80. The van der Waals surface area contributed by atoms with Crippen molar-refractivity contribution in [1.29, 1.82) is 0 Å². The van der Waals surface area contributed by atoms with E-state index in [4.69, 9.17) is 4.42 Å². The van der Waals surface area contributed by atoms with Gasteiger partial charge in [-0.3, -0.25) is 4.90 Å². The van der Waals surface area contributed by atoms with E-state index in [1.165, 1.54) is 30.3 Å². The van der Waals surface area contributed by atoms with Gasteiger partial charge in [-0.05, 0) is 31.9 Å². The van der Waals surface area contributed by atoms with E-state index in [2.05, 4.69) is 42.3 Å². The van der Waals surface area contributed by atoms with Gasteiger partial charge in [0.1, 0.15) is 11.3 Å². The molecule has 0 bridgehead atoms. The van der Waals surface area contributed by atoms with Crippen LogP contribution in [0.5, 0.6) is 0 Å². The van der Waals surface area contributed by atoms with E-state index >= 15 is 0 Å². The Morgan fingerprint density at radius 2 is 2.05 bits per heavy atom. The van der Waals surface area contributed by atoms with Crippen LogP contribution in [0.15, 0.2) is 28.7 Å². The van der Waals surface area contributed by atoms with Crippen molar-refractivity contribution in [1.82, 2.24) is 10.2 Å². The lowest BCUT2D eigenvalue weighted by molar-refractivity contribution is 0.225. The molecule has 0 spiro atoms. The number of hydrogen-bond donors (Lipinski definition) is 1. The van der Waals surface area contributed by atoms with Crippen molar-refractivity contribution in [2.24, 2.45) is 5.92 Å². The molecular weight excluding hydrogens is 260 g/mol. The first-order chi connectivity index (χ1) is 10.2. The predicted octanol–water partition coefficient (Wildman–Crippen LogP) is 3.77. The Bertz CT molecular complexity index is 598. The monoisotopic (exact) mass is 286 g/mol. The van der Waals surface area contributed by atoms with Crippen LogP contribution in [0, 0.1) is 5.92 Å². The first-order valence-corrected chi connectivity index (χ1v) is 8.07. The molecule has 1 heterocycles. The van der Waals surface area contributed by atoms with Gasteiger partial charge in [0.15, 0.2) is 0 Å². The molecule has 3 nitrogen and oxygen atoms in total. The largest absolute Gasteiger partial charge is 0.459 e. The molecule has 114 valence electrons. The topological polar surface area (TPSA) is 28.4 Å². The van der Waals surface area contributed by atoms with Gasteiger partial charge >= 0.3 is 0 Å². The van der Waals surface area contributed by atoms with Crippen LogP contribution in [-0.2, 0) is 13.1 Å². The Labute approximate surface area is 127 Å². The maximum Gasteiger partial charge on any atom is 0.134 e. The van der Waals surface area contributed by atoms with Crippen molar-refractivity contribution in [2.75, 3.05) is 13.6 Å². The minimum atomic E-state index is 0.705. The summed E-state index contributed by atoms with van der Waals surface area (Å²) in [7, 11) is 1.98. The van der Waals surface area contributed by atoms with Crippen molar-refractivity contribution in [2.45, 2.75) is 45.8 Å². The lowest BCUT2D eigenvalue weighted by Crippen LogP contribution is -2.30. The van der Waals surface area contributed by atoms with Gasteiger partial charge in [-0.25, -0.2) is 0 Å². The minimum absolute atomic E-state index is 0.705. The summed E-state index contributed by atoms with van der Waals surface area (Å²) < 4.78 is 6.06. The van der Waals surface area contributed by atoms with Gasteiger partial charge < -0.3 is 9.73 Å². The Morgan fingerprint density at radius 1 is 1.29 bits per heavy atom. The lowest BCUT2D eigenvalue weighted by Gasteiger charge is -2.24. The van der Waals surface area contributed by atoms with Gasteiger partial charge in [0, 0.05) is 30.1 Å². The third kappa shape index (κ3) is 3.30. The summed E-state index contributed by atoms with van der Waals surface area (Å²) in [6, 6.07) is 9.19. The molecule has 21 heavy (non-hydrogen) atoms. The Kier molecular flexibility index (Phi) is 4.32. The predicted molar refractivity (Wildman–Crippen MR) is 87.2 cm³/mol. The fourth-order valence-corrected chi connectivity index (χ4v) is 3.08. The van der Waals surface area contributed by atoms with E-state index in [9.17, 15) is 0 Å². The molecule has 1 fully saturated rings. The Hall–Kier alpha value is -1.32. The SMILES string of the molecule is CNCc1oc2ccccc2c1CN(CC(C)C)C1CC1. The molecule has 1 aromatic carbocycles. The van der Waals surface area contributed by atoms with Crippen LogP contribution in [-0.4, -0.2) is 24.5 Å². The standard InChI is InChI=1S/C18H26N2O/c1-13(2)11-20(14-8-9-14)12-16-15-6-4-5-7-17(15)21-18(16)10-19-3/h4-7,13-14,19H,8-12H2,1-3H3. The van der Waals surface area contributed by atoms with Gasteiger partial charge in [-0.2, -0.15) is 0 Å². The van der Waals surface area contributed by atoms with Crippen molar-refractivity contribution in [3.63, 3.8) is 0 Å². The number of benzene rings is 1. The zero-order valence-corrected chi connectivity index (χ0v) is 13.4. The molecule has 0 aliphatic heterocycles. The second-order valence-corrected chi connectivity index (χ2v) is 6.58. The number of hydrogen-bond acceptors (Lipinski definition) is 3. The number of para-hydroxylation sites is 1. The van der Waals surface area contributed by atoms with Crippen molar-refractivity contribution >= 4 is 11.0 Å². The summed E-state index contributed by atoms with van der Waals surface area (Å²) in [6.07, 6.45) is 2.70. The smallest absolute Gasteiger partial charge is 0.134 e. The maximum absolute atomic E-state index is 6.06. The van der Waals surface area contributed by atoms with Crippen LogP contribution in [0.3, 0.4) is 0 Å². The highest BCUT2D eigenvalue weighted by Gasteiger charge is 2.30. The molecule has 0 radical (unpaired) electrons. The van der Waals surface area contributed by atoms with E-state index in [0.717, 1.165) is 30.5 Å². The molecule has 1 N–H and O–H groups in total. The number of furan rings is 1. The summed E-state index contributed by atoms with van der Waals surface area (Å²) in [5, 5.41) is 4.51. The highest BCUT2D eigenvalue weighted by molar-refractivity contribution is 5.82. The zero-order chi connectivity index (χ0) is 14.8. The molecular formula is C18H26N2O. The molecule has 0 saturated heterocycles. The van der Waals surface area contributed by atoms with Crippen molar-refractivity contribution in [3.05, 3.63) is 35.6 Å². The zero-order valence-electron chi connectivity index (χ0n) is 13.4. The number of fused-ring (bicyclic) bond motifs is 1. The summed E-state index contributed by atoms with van der Waals surface area (Å²) in [6.45, 7) is 7.58. The molecule has 3 heteroatoms. The number of rotatable bonds is 7. The van der Waals surface area contributed by atoms with E-state index < -0.39 is 0 Å². The number of nitrogens with zero attached hydrogens (tertiary/aromatic N) is 1. The average molecular weight is 286 g/mol. The van der Waals surface area contributed by atoms with Crippen LogP contribution >= 0.6 is 0 Å². The molecule has 0 amide bonds. The molecule has 0 unspecified atom stereocenters. The third-order valence-corrected chi connectivity index (χ3v) is 4.14. The fraction of sp³-hybridized carbons (Fsp3) is 0.556.